The smallest absolute Gasteiger partial charge is 0.411 e. The monoisotopic (exact) mass is 656 g/mol. The molecule has 0 aromatic heterocycles. The third kappa shape index (κ3) is 6.09. The standard InChI is InChI=1S/C38H44N2O8/c1-23-33(44-5)27-18-29-28-17-26(19-41)32(40(28)37(43)48-38(2,3)4)36(42)39(29)30(22-46-20-24-13-9-7-10-14-24)31(27)35(34(23)45-6)47-21-25-15-11-8-12-16-25/h7-16,19,26,28-30,32H,17-18,20-22H2,1-6H3/t26-,28+,29-,30-,32-/m0/s1. The van der Waals surface area contributed by atoms with E-state index in [9.17, 15) is 14.4 Å². The summed E-state index contributed by atoms with van der Waals surface area (Å²) in [5, 5.41) is 0. The number of rotatable bonds is 10. The average molecular weight is 657 g/mol. The van der Waals surface area contributed by atoms with Crippen molar-refractivity contribution in [2.75, 3.05) is 20.8 Å². The summed E-state index contributed by atoms with van der Waals surface area (Å²) >= 11 is 0. The Morgan fingerprint density at radius 1 is 0.896 bits per heavy atom. The number of piperazine rings is 1. The van der Waals surface area contributed by atoms with Crippen LogP contribution in [0.25, 0.3) is 0 Å². The number of ether oxygens (including phenoxy) is 5. The predicted octanol–water partition coefficient (Wildman–Crippen LogP) is 5.81. The highest BCUT2D eigenvalue weighted by Crippen LogP contribution is 2.54. The number of benzene rings is 3. The van der Waals surface area contributed by atoms with Crippen LogP contribution < -0.4 is 14.2 Å². The molecule has 0 unspecified atom stereocenters. The minimum atomic E-state index is -0.986. The van der Waals surface area contributed by atoms with E-state index >= 15 is 0 Å². The summed E-state index contributed by atoms with van der Waals surface area (Å²) in [5.74, 6) is 0.680. The van der Waals surface area contributed by atoms with Crippen molar-refractivity contribution in [1.29, 1.82) is 0 Å². The first-order chi connectivity index (χ1) is 23.1. The molecular weight excluding hydrogens is 612 g/mol. The minimum Gasteiger partial charge on any atom is -0.496 e. The summed E-state index contributed by atoms with van der Waals surface area (Å²) in [5.41, 5.74) is 3.56. The lowest BCUT2D eigenvalue weighted by molar-refractivity contribution is -0.154. The van der Waals surface area contributed by atoms with E-state index in [1.807, 2.05) is 72.5 Å². The van der Waals surface area contributed by atoms with Gasteiger partial charge in [-0.2, -0.15) is 0 Å². The van der Waals surface area contributed by atoms with Crippen LogP contribution in [-0.4, -0.2) is 72.6 Å². The van der Waals surface area contributed by atoms with Gasteiger partial charge in [-0.3, -0.25) is 9.69 Å². The summed E-state index contributed by atoms with van der Waals surface area (Å²) in [4.78, 5) is 44.2. The van der Waals surface area contributed by atoms with Gasteiger partial charge in [0.25, 0.3) is 0 Å². The summed E-state index contributed by atoms with van der Waals surface area (Å²) in [7, 11) is 3.21. The largest absolute Gasteiger partial charge is 0.496 e. The summed E-state index contributed by atoms with van der Waals surface area (Å²) in [6.45, 7) is 8.03. The number of amides is 2. The lowest BCUT2D eigenvalue weighted by Gasteiger charge is -2.52. The number of hydrogen-bond acceptors (Lipinski definition) is 8. The van der Waals surface area contributed by atoms with E-state index in [2.05, 4.69) is 0 Å². The Bertz CT molecular complexity index is 1650. The number of methoxy groups -OCH3 is 2. The molecule has 2 fully saturated rings. The lowest BCUT2D eigenvalue weighted by Crippen LogP contribution is -2.67. The van der Waals surface area contributed by atoms with E-state index in [4.69, 9.17) is 23.7 Å². The van der Waals surface area contributed by atoms with Crippen LogP contribution in [0.3, 0.4) is 0 Å². The fourth-order valence-electron chi connectivity index (χ4n) is 7.60. The van der Waals surface area contributed by atoms with Crippen molar-refractivity contribution >= 4 is 18.3 Å². The zero-order valence-electron chi connectivity index (χ0n) is 28.4. The van der Waals surface area contributed by atoms with Crippen molar-refractivity contribution in [1.82, 2.24) is 9.80 Å². The van der Waals surface area contributed by atoms with E-state index < -0.39 is 41.8 Å². The number of fused-ring (bicyclic) bond motifs is 5. The SMILES string of the molecule is COc1c(C)c(OC)c(OCc2ccccc2)c2c1C[C@H]1[C@H]3C[C@@H](C=O)[C@@H](C(=O)N1[C@H]2COCc1ccccc1)N3C(=O)OC(C)(C)C. The predicted molar refractivity (Wildman–Crippen MR) is 178 cm³/mol. The third-order valence-electron chi connectivity index (χ3n) is 9.50. The van der Waals surface area contributed by atoms with Crippen molar-refractivity contribution < 1.29 is 38.1 Å². The molecule has 0 N–H and O–H groups in total. The van der Waals surface area contributed by atoms with Gasteiger partial charge in [-0.1, -0.05) is 60.7 Å². The summed E-state index contributed by atoms with van der Waals surface area (Å²) < 4.78 is 30.8. The molecule has 48 heavy (non-hydrogen) atoms. The van der Waals surface area contributed by atoms with Gasteiger partial charge in [0, 0.05) is 22.6 Å². The molecule has 3 aliphatic heterocycles. The van der Waals surface area contributed by atoms with Gasteiger partial charge in [-0.25, -0.2) is 4.79 Å². The molecule has 0 spiro atoms. The molecule has 2 saturated heterocycles. The summed E-state index contributed by atoms with van der Waals surface area (Å²) in [6, 6.07) is 17.1. The normalized spacial score (nSPS) is 22.9. The van der Waals surface area contributed by atoms with Crippen LogP contribution in [0.2, 0.25) is 0 Å². The number of carbonyl (C=O) groups is 3. The van der Waals surface area contributed by atoms with Crippen LogP contribution in [0, 0.1) is 12.8 Å². The van der Waals surface area contributed by atoms with E-state index in [1.165, 1.54) is 4.90 Å². The van der Waals surface area contributed by atoms with Gasteiger partial charge in [0.1, 0.15) is 30.3 Å². The van der Waals surface area contributed by atoms with E-state index in [1.54, 1.807) is 35.0 Å². The van der Waals surface area contributed by atoms with Crippen LogP contribution in [0.4, 0.5) is 4.79 Å². The first-order valence-corrected chi connectivity index (χ1v) is 16.4. The summed E-state index contributed by atoms with van der Waals surface area (Å²) in [6.07, 6.45) is 0.924. The zero-order chi connectivity index (χ0) is 34.2. The van der Waals surface area contributed by atoms with Gasteiger partial charge in [-0.05, 0) is 51.7 Å². The molecule has 0 aliphatic carbocycles. The molecule has 10 heteroatoms. The molecule has 6 rings (SSSR count). The third-order valence-corrected chi connectivity index (χ3v) is 9.50. The van der Waals surface area contributed by atoms with Gasteiger partial charge in [0.05, 0.1) is 45.6 Å². The Kier molecular flexibility index (Phi) is 9.38. The van der Waals surface area contributed by atoms with Crippen molar-refractivity contribution in [2.45, 2.75) is 83.5 Å². The molecule has 3 aromatic rings. The highest BCUT2D eigenvalue weighted by atomic mass is 16.6. The van der Waals surface area contributed by atoms with Crippen LogP contribution in [0.1, 0.15) is 61.1 Å². The lowest BCUT2D eigenvalue weighted by atomic mass is 9.81. The van der Waals surface area contributed by atoms with Gasteiger partial charge in [0.2, 0.25) is 5.91 Å². The molecule has 3 heterocycles. The van der Waals surface area contributed by atoms with Gasteiger partial charge < -0.3 is 33.4 Å². The molecule has 0 saturated carbocycles. The van der Waals surface area contributed by atoms with Crippen LogP contribution in [0.5, 0.6) is 17.2 Å². The maximum absolute atomic E-state index is 14.7. The maximum atomic E-state index is 14.7. The molecular formula is C38H44N2O8. The Hall–Kier alpha value is -4.57. The molecule has 10 nitrogen and oxygen atoms in total. The highest BCUT2D eigenvalue weighted by Gasteiger charge is 2.61. The fourth-order valence-corrected chi connectivity index (χ4v) is 7.60. The highest BCUT2D eigenvalue weighted by molar-refractivity contribution is 5.92. The first kappa shape index (κ1) is 33.3. The van der Waals surface area contributed by atoms with E-state index in [-0.39, 0.29) is 19.1 Å². The van der Waals surface area contributed by atoms with Crippen LogP contribution in [-0.2, 0) is 38.7 Å². The zero-order valence-corrected chi connectivity index (χ0v) is 28.4. The Morgan fingerprint density at radius 2 is 1.52 bits per heavy atom. The molecule has 0 radical (unpaired) electrons. The molecule has 2 bridgehead atoms. The Balaban J connectivity index is 1.49. The van der Waals surface area contributed by atoms with Crippen molar-refractivity contribution in [3.05, 3.63) is 88.5 Å². The Morgan fingerprint density at radius 3 is 2.10 bits per heavy atom. The maximum Gasteiger partial charge on any atom is 0.411 e. The fraction of sp³-hybridized carbons (Fsp3) is 0.447. The second kappa shape index (κ2) is 13.5. The number of aldehydes is 1. The van der Waals surface area contributed by atoms with Gasteiger partial charge in [0.15, 0.2) is 11.5 Å². The second-order valence-corrected chi connectivity index (χ2v) is 13.7. The number of hydrogen-bond donors (Lipinski definition) is 0. The van der Waals surface area contributed by atoms with Crippen LogP contribution in [0.15, 0.2) is 60.7 Å². The van der Waals surface area contributed by atoms with Gasteiger partial charge >= 0.3 is 6.09 Å². The quantitative estimate of drug-likeness (QED) is 0.252. The van der Waals surface area contributed by atoms with E-state index in [0.29, 0.717) is 36.7 Å². The van der Waals surface area contributed by atoms with Crippen molar-refractivity contribution in [3.8, 4) is 17.2 Å². The number of carbonyl (C=O) groups excluding carboxylic acids is 3. The van der Waals surface area contributed by atoms with Gasteiger partial charge in [-0.15, -0.1) is 0 Å². The van der Waals surface area contributed by atoms with Crippen LogP contribution >= 0.6 is 0 Å². The molecule has 5 atom stereocenters. The first-order valence-electron chi connectivity index (χ1n) is 16.4. The molecule has 2 amide bonds. The second-order valence-electron chi connectivity index (χ2n) is 13.7. The Labute approximate surface area is 281 Å². The van der Waals surface area contributed by atoms with Crippen molar-refractivity contribution in [3.63, 3.8) is 0 Å². The number of nitrogens with zero attached hydrogens (tertiary/aromatic N) is 2. The minimum absolute atomic E-state index is 0.138. The van der Waals surface area contributed by atoms with Crippen molar-refractivity contribution in [2.24, 2.45) is 5.92 Å². The topological polar surface area (TPSA) is 104 Å². The van der Waals surface area contributed by atoms with E-state index in [0.717, 1.165) is 34.1 Å². The molecule has 3 aliphatic rings. The molecule has 3 aromatic carbocycles. The molecule has 254 valence electrons. The average Bonchev–Trinajstić information content (AvgIpc) is 3.41.